The van der Waals surface area contributed by atoms with E-state index in [0.29, 0.717) is 0 Å². The van der Waals surface area contributed by atoms with Gasteiger partial charge in [0.05, 0.1) is 0 Å². The molecule has 1 unspecified atom stereocenters. The van der Waals surface area contributed by atoms with Crippen LogP contribution in [0, 0.1) is 0 Å². The number of rotatable bonds is 1. The Kier molecular flexibility index (Phi) is 1.82. The molecule has 2 amide bonds. The second kappa shape index (κ2) is 2.40. The maximum absolute atomic E-state index is 10.7. The molecule has 7 heteroatoms. The Morgan fingerprint density at radius 2 is 2.09 bits per heavy atom. The minimum Gasteiger partial charge on any atom is -0.319 e. The van der Waals surface area contributed by atoms with Crippen molar-refractivity contribution in [3.05, 3.63) is 0 Å². The van der Waals surface area contributed by atoms with Crippen molar-refractivity contribution in [3.63, 3.8) is 0 Å². The van der Waals surface area contributed by atoms with E-state index in [4.69, 9.17) is 20.6 Å². The van der Waals surface area contributed by atoms with E-state index in [2.05, 4.69) is 0 Å². The molecule has 1 saturated heterocycles. The third-order valence-corrected chi connectivity index (χ3v) is 1.59. The van der Waals surface area contributed by atoms with E-state index < -0.39 is 17.1 Å². The van der Waals surface area contributed by atoms with Gasteiger partial charge in [-0.1, -0.05) is 0 Å². The summed E-state index contributed by atoms with van der Waals surface area (Å²) in [6, 6.07) is -1.14. The molecular weight excluding hydrogens is 156 g/mol. The molecule has 0 aromatic carbocycles. The Labute approximate surface area is 61.8 Å². The summed E-state index contributed by atoms with van der Waals surface area (Å²) in [6.07, 6.45) is -2.21. The van der Waals surface area contributed by atoms with Crippen LogP contribution < -0.4 is 0 Å². The Hall–Kier alpha value is -0.730. The first-order valence-electron chi connectivity index (χ1n) is 2.96. The molecule has 64 valence electrons. The third kappa shape index (κ3) is 1.08. The molecule has 4 N–H and O–H groups in total. The maximum atomic E-state index is 10.7. The molecule has 7 nitrogen and oxygen atoms in total. The average Bonchev–Trinajstić information content (AvgIpc) is 2.18. The van der Waals surface area contributed by atoms with Crippen molar-refractivity contribution in [3.8, 4) is 0 Å². The second-order valence-corrected chi connectivity index (χ2v) is 2.30. The van der Waals surface area contributed by atoms with Crippen molar-refractivity contribution >= 4 is 6.03 Å². The van der Waals surface area contributed by atoms with Crippen LogP contribution in [0.2, 0.25) is 0 Å². The van der Waals surface area contributed by atoms with Gasteiger partial charge < -0.3 is 10.2 Å². The minimum absolute atomic E-state index is 0.118. The molecule has 1 fully saturated rings. The van der Waals surface area contributed by atoms with Crippen LogP contribution in [0.15, 0.2) is 0 Å². The third-order valence-electron chi connectivity index (χ3n) is 1.59. The molecule has 0 aromatic heterocycles. The van der Waals surface area contributed by atoms with Crippen LogP contribution in [0.3, 0.4) is 0 Å². The first-order valence-corrected chi connectivity index (χ1v) is 2.96. The number of carbonyl (C=O) groups is 1. The second-order valence-electron chi connectivity index (χ2n) is 2.30. The summed E-state index contributed by atoms with van der Waals surface area (Å²) in [5.74, 6) is 0. The van der Waals surface area contributed by atoms with Crippen LogP contribution >= 0.6 is 0 Å². The zero-order valence-corrected chi connectivity index (χ0v) is 5.58. The predicted octanol–water partition coefficient (Wildman–Crippen LogP) is -1.71. The van der Waals surface area contributed by atoms with Gasteiger partial charge in [0.2, 0.25) is 0 Å². The van der Waals surface area contributed by atoms with E-state index in [9.17, 15) is 4.79 Å². The Bertz CT molecular complexity index is 183. The van der Waals surface area contributed by atoms with Crippen molar-refractivity contribution in [2.45, 2.75) is 6.41 Å². The minimum atomic E-state index is -2.21. The van der Waals surface area contributed by atoms with Crippen molar-refractivity contribution in [1.29, 1.82) is 0 Å². The summed E-state index contributed by atoms with van der Waals surface area (Å²) >= 11 is 0. The Morgan fingerprint density at radius 1 is 1.55 bits per heavy atom. The van der Waals surface area contributed by atoms with Gasteiger partial charge in [-0.2, -0.15) is 5.06 Å². The molecule has 0 aromatic rings. The molecule has 1 aliphatic heterocycles. The van der Waals surface area contributed by atoms with E-state index in [1.807, 2.05) is 0 Å². The zero-order chi connectivity index (χ0) is 8.65. The smallest absolute Gasteiger partial charge is 0.319 e. The molecule has 1 heterocycles. The van der Waals surface area contributed by atoms with Gasteiger partial charge in [-0.15, -0.1) is 0 Å². The summed E-state index contributed by atoms with van der Waals surface area (Å²) in [4.78, 5) is 10.7. The SMILES string of the molecule is O=C1N(O)CC[N+]1(O)C(O)O. The number of amides is 2. The lowest BCUT2D eigenvalue weighted by molar-refractivity contribution is -1.08. The number of quaternary nitrogens is 1. The van der Waals surface area contributed by atoms with Crippen LogP contribution in [0.1, 0.15) is 0 Å². The molecular formula is C4H9N2O5+. The van der Waals surface area contributed by atoms with Crippen molar-refractivity contribution in [2.24, 2.45) is 0 Å². The Balaban J connectivity index is 2.81. The van der Waals surface area contributed by atoms with Crippen LogP contribution in [0.5, 0.6) is 0 Å². The molecule has 11 heavy (non-hydrogen) atoms. The molecule has 0 spiro atoms. The fourth-order valence-electron chi connectivity index (χ4n) is 0.853. The van der Waals surface area contributed by atoms with Gasteiger partial charge in [-0.3, -0.25) is 5.21 Å². The van der Waals surface area contributed by atoms with Gasteiger partial charge >= 0.3 is 12.4 Å². The molecule has 0 aliphatic carbocycles. The summed E-state index contributed by atoms with van der Waals surface area (Å²) < 4.78 is -1.57. The number of hydroxylamine groups is 5. The molecule has 0 radical (unpaired) electrons. The molecule has 0 bridgehead atoms. The molecule has 0 saturated carbocycles. The lowest BCUT2D eigenvalue weighted by Crippen LogP contribution is -2.55. The van der Waals surface area contributed by atoms with Crippen LogP contribution in [-0.2, 0) is 0 Å². The summed E-state index contributed by atoms with van der Waals surface area (Å²) in [6.45, 7) is -0.361. The summed E-state index contributed by atoms with van der Waals surface area (Å²) in [5.41, 5.74) is 0. The maximum Gasteiger partial charge on any atom is 0.479 e. The summed E-state index contributed by atoms with van der Waals surface area (Å²) in [7, 11) is 0. The first kappa shape index (κ1) is 8.37. The highest BCUT2D eigenvalue weighted by Crippen LogP contribution is 2.16. The van der Waals surface area contributed by atoms with Gasteiger partial charge in [0.1, 0.15) is 13.1 Å². The number of hydrogen-bond donors (Lipinski definition) is 4. The molecule has 1 aliphatic rings. The number of carbonyl (C=O) groups excluding carboxylic acids is 1. The van der Waals surface area contributed by atoms with E-state index in [1.165, 1.54) is 0 Å². The van der Waals surface area contributed by atoms with Gasteiger partial charge in [-0.05, 0) is 4.65 Å². The van der Waals surface area contributed by atoms with Crippen molar-refractivity contribution in [2.75, 3.05) is 13.1 Å². The highest BCUT2D eigenvalue weighted by molar-refractivity contribution is 5.66. The molecule has 1 rings (SSSR count). The Morgan fingerprint density at radius 3 is 2.27 bits per heavy atom. The monoisotopic (exact) mass is 165 g/mol. The van der Waals surface area contributed by atoms with Crippen LogP contribution in [0.4, 0.5) is 4.79 Å². The van der Waals surface area contributed by atoms with Gasteiger partial charge in [0, 0.05) is 0 Å². The van der Waals surface area contributed by atoms with Crippen LogP contribution in [-0.4, -0.2) is 55.9 Å². The predicted molar refractivity (Wildman–Crippen MR) is 29.0 cm³/mol. The zero-order valence-electron chi connectivity index (χ0n) is 5.58. The quantitative estimate of drug-likeness (QED) is 0.210. The lowest BCUT2D eigenvalue weighted by atomic mass is 10.6. The standard InChI is InChI=1S/C4H9N2O5/c7-3-5(10)1-2-6(3,11)4(8)9/h4,8-11H,1-2H2/q+1. The highest BCUT2D eigenvalue weighted by Gasteiger charge is 2.52. The number of aliphatic hydroxyl groups is 2. The summed E-state index contributed by atoms with van der Waals surface area (Å²) in [5, 5.41) is 35.0. The number of aliphatic hydroxyl groups excluding tert-OH is 1. The normalized spacial score (nSPS) is 32.1. The average molecular weight is 165 g/mol. The first-order chi connectivity index (χ1) is 4.98. The van der Waals surface area contributed by atoms with E-state index in [-0.39, 0.29) is 18.2 Å². The fraction of sp³-hybridized carbons (Fsp3) is 0.750. The number of urea groups is 1. The van der Waals surface area contributed by atoms with E-state index in [0.717, 1.165) is 0 Å². The van der Waals surface area contributed by atoms with Crippen molar-refractivity contribution < 1.29 is 30.1 Å². The van der Waals surface area contributed by atoms with Crippen LogP contribution in [0.25, 0.3) is 0 Å². The van der Waals surface area contributed by atoms with E-state index >= 15 is 0 Å². The highest BCUT2D eigenvalue weighted by atomic mass is 16.7. The van der Waals surface area contributed by atoms with Gasteiger partial charge in [0.25, 0.3) is 0 Å². The van der Waals surface area contributed by atoms with E-state index in [1.54, 1.807) is 0 Å². The number of nitrogens with zero attached hydrogens (tertiary/aromatic N) is 2. The van der Waals surface area contributed by atoms with Crippen molar-refractivity contribution in [1.82, 2.24) is 5.06 Å². The largest absolute Gasteiger partial charge is 0.479 e. The topological polar surface area (TPSA) is 101 Å². The lowest BCUT2D eigenvalue weighted by Gasteiger charge is -2.21. The van der Waals surface area contributed by atoms with Gasteiger partial charge in [0.15, 0.2) is 0 Å². The number of hydrogen-bond acceptors (Lipinski definition) is 5. The fourth-order valence-corrected chi connectivity index (χ4v) is 0.853. The van der Waals surface area contributed by atoms with Gasteiger partial charge in [-0.25, -0.2) is 10.0 Å². The molecule has 1 atom stereocenters.